The third-order valence-corrected chi connectivity index (χ3v) is 3.62. The smallest absolute Gasteiger partial charge is 0.246 e. The number of amides is 2. The Labute approximate surface area is 110 Å². The molecule has 2 amide bonds. The minimum absolute atomic E-state index is 0.0422. The van der Waals surface area contributed by atoms with Gasteiger partial charge >= 0.3 is 0 Å². The fourth-order valence-corrected chi connectivity index (χ4v) is 2.22. The molecule has 1 aliphatic heterocycles. The highest BCUT2D eigenvalue weighted by atomic mass is 16.2. The lowest BCUT2D eigenvalue weighted by Gasteiger charge is -2.47. The topological polar surface area (TPSA) is 49.4 Å². The second-order valence-electron chi connectivity index (χ2n) is 6.67. The quantitative estimate of drug-likeness (QED) is 0.836. The molecular formula is C14H26N2O2. The first-order valence-corrected chi connectivity index (χ1v) is 6.74. The molecule has 1 heterocycles. The summed E-state index contributed by atoms with van der Waals surface area (Å²) in [5.74, 6) is -0.0151. The van der Waals surface area contributed by atoms with Crippen LogP contribution in [0.5, 0.6) is 0 Å². The lowest BCUT2D eigenvalue weighted by molar-refractivity contribution is -0.158. The molecule has 0 aromatic carbocycles. The van der Waals surface area contributed by atoms with Crippen LogP contribution < -0.4 is 5.32 Å². The molecule has 0 bridgehead atoms. The van der Waals surface area contributed by atoms with Crippen molar-refractivity contribution in [2.24, 2.45) is 5.41 Å². The van der Waals surface area contributed by atoms with Crippen molar-refractivity contribution in [2.75, 3.05) is 6.54 Å². The molecule has 1 unspecified atom stereocenters. The molecule has 0 radical (unpaired) electrons. The highest BCUT2D eigenvalue weighted by Crippen LogP contribution is 2.29. The third-order valence-electron chi connectivity index (χ3n) is 3.62. The first-order chi connectivity index (χ1) is 8.12. The third kappa shape index (κ3) is 2.68. The predicted molar refractivity (Wildman–Crippen MR) is 72.1 cm³/mol. The summed E-state index contributed by atoms with van der Waals surface area (Å²) < 4.78 is 0. The molecule has 18 heavy (non-hydrogen) atoms. The molecule has 4 heteroatoms. The largest absolute Gasteiger partial charge is 0.342 e. The number of nitrogens with zero attached hydrogens (tertiary/aromatic N) is 1. The van der Waals surface area contributed by atoms with Crippen LogP contribution in [0.1, 0.15) is 54.4 Å². The predicted octanol–water partition coefficient (Wildman–Crippen LogP) is 1.94. The standard InChI is InChI=1S/C14H26N2O2/c1-7-8-9-16-11(17)10(13(2,3)4)15-12(18)14(16,5)6/h10H,7-9H2,1-6H3,(H,15,18). The Morgan fingerprint density at radius 1 is 1.28 bits per heavy atom. The summed E-state index contributed by atoms with van der Waals surface area (Å²) in [5.41, 5.74) is -0.998. The molecule has 0 spiro atoms. The summed E-state index contributed by atoms with van der Waals surface area (Å²) in [4.78, 5) is 26.5. The van der Waals surface area contributed by atoms with Gasteiger partial charge in [0.2, 0.25) is 11.8 Å². The number of carbonyl (C=O) groups is 2. The van der Waals surface area contributed by atoms with Gasteiger partial charge in [0.1, 0.15) is 11.6 Å². The number of piperazine rings is 1. The molecule has 4 nitrogen and oxygen atoms in total. The van der Waals surface area contributed by atoms with E-state index in [-0.39, 0.29) is 17.2 Å². The lowest BCUT2D eigenvalue weighted by Crippen LogP contribution is -2.70. The molecular weight excluding hydrogens is 228 g/mol. The Bertz CT molecular complexity index is 342. The fraction of sp³-hybridized carbons (Fsp3) is 0.857. The van der Waals surface area contributed by atoms with Gasteiger partial charge in [0.15, 0.2) is 0 Å². The van der Waals surface area contributed by atoms with E-state index in [0.717, 1.165) is 12.8 Å². The van der Waals surface area contributed by atoms with Gasteiger partial charge in [-0.05, 0) is 25.7 Å². The minimum atomic E-state index is -0.742. The van der Waals surface area contributed by atoms with E-state index in [2.05, 4.69) is 12.2 Å². The number of hydrogen-bond acceptors (Lipinski definition) is 2. The van der Waals surface area contributed by atoms with Crippen LogP contribution in [-0.4, -0.2) is 34.8 Å². The van der Waals surface area contributed by atoms with Crippen LogP contribution in [0.3, 0.4) is 0 Å². The van der Waals surface area contributed by atoms with Crippen LogP contribution in [0.25, 0.3) is 0 Å². The Kier molecular flexibility index (Phi) is 4.08. The summed E-state index contributed by atoms with van der Waals surface area (Å²) >= 11 is 0. The van der Waals surface area contributed by atoms with Crippen molar-refractivity contribution in [1.29, 1.82) is 0 Å². The molecule has 0 aromatic rings. The molecule has 0 saturated carbocycles. The number of carbonyl (C=O) groups excluding carboxylic acids is 2. The van der Waals surface area contributed by atoms with Crippen molar-refractivity contribution in [3.8, 4) is 0 Å². The van der Waals surface area contributed by atoms with Crippen molar-refractivity contribution in [3.63, 3.8) is 0 Å². The first kappa shape index (κ1) is 15.0. The van der Waals surface area contributed by atoms with Crippen LogP contribution in [0.4, 0.5) is 0 Å². The maximum absolute atomic E-state index is 12.6. The molecule has 1 fully saturated rings. The van der Waals surface area contributed by atoms with Crippen LogP contribution in [0, 0.1) is 5.41 Å². The highest BCUT2D eigenvalue weighted by molar-refractivity contribution is 5.99. The Hall–Kier alpha value is -1.06. The monoisotopic (exact) mass is 254 g/mol. The van der Waals surface area contributed by atoms with Crippen molar-refractivity contribution in [1.82, 2.24) is 10.2 Å². The maximum atomic E-state index is 12.6. The van der Waals surface area contributed by atoms with Gasteiger partial charge in [0.25, 0.3) is 0 Å². The number of hydrogen-bond donors (Lipinski definition) is 1. The molecule has 0 aromatic heterocycles. The number of nitrogens with one attached hydrogen (secondary N) is 1. The number of unbranched alkanes of at least 4 members (excludes halogenated alkanes) is 1. The molecule has 1 rings (SSSR count). The van der Waals surface area contributed by atoms with Gasteiger partial charge in [-0.15, -0.1) is 0 Å². The first-order valence-electron chi connectivity index (χ1n) is 6.74. The second kappa shape index (κ2) is 4.90. The second-order valence-corrected chi connectivity index (χ2v) is 6.67. The summed E-state index contributed by atoms with van der Waals surface area (Å²) in [6, 6.07) is -0.421. The molecule has 1 atom stereocenters. The molecule has 104 valence electrons. The minimum Gasteiger partial charge on any atom is -0.342 e. The average Bonchev–Trinajstić information content (AvgIpc) is 2.22. The van der Waals surface area contributed by atoms with Crippen LogP contribution in [0.15, 0.2) is 0 Å². The van der Waals surface area contributed by atoms with Crippen LogP contribution >= 0.6 is 0 Å². The van der Waals surface area contributed by atoms with Crippen molar-refractivity contribution >= 4 is 11.8 Å². The van der Waals surface area contributed by atoms with Gasteiger partial charge in [0.05, 0.1) is 0 Å². The lowest BCUT2D eigenvalue weighted by atomic mass is 9.82. The van der Waals surface area contributed by atoms with Gasteiger partial charge < -0.3 is 10.2 Å². The average molecular weight is 254 g/mol. The molecule has 1 N–H and O–H groups in total. The fourth-order valence-electron chi connectivity index (χ4n) is 2.22. The van der Waals surface area contributed by atoms with E-state index in [4.69, 9.17) is 0 Å². The van der Waals surface area contributed by atoms with E-state index in [1.54, 1.807) is 4.90 Å². The summed E-state index contributed by atoms with van der Waals surface area (Å²) in [5, 5.41) is 2.87. The van der Waals surface area contributed by atoms with Crippen molar-refractivity contribution in [3.05, 3.63) is 0 Å². The van der Waals surface area contributed by atoms with E-state index in [0.29, 0.717) is 6.54 Å². The van der Waals surface area contributed by atoms with E-state index < -0.39 is 11.6 Å². The Balaban J connectivity index is 3.02. The Morgan fingerprint density at radius 3 is 2.28 bits per heavy atom. The molecule has 1 saturated heterocycles. The van der Waals surface area contributed by atoms with Crippen LogP contribution in [-0.2, 0) is 9.59 Å². The van der Waals surface area contributed by atoms with Gasteiger partial charge in [-0.2, -0.15) is 0 Å². The van der Waals surface area contributed by atoms with Crippen molar-refractivity contribution < 1.29 is 9.59 Å². The summed E-state index contributed by atoms with van der Waals surface area (Å²) in [6.45, 7) is 12.3. The number of rotatable bonds is 3. The SMILES string of the molecule is CCCCN1C(=O)C(C(C)(C)C)NC(=O)C1(C)C. The molecule has 1 aliphatic rings. The zero-order valence-electron chi connectivity index (χ0n) is 12.5. The Morgan fingerprint density at radius 2 is 1.83 bits per heavy atom. The normalized spacial score (nSPS) is 24.1. The van der Waals surface area contributed by atoms with Gasteiger partial charge in [-0.1, -0.05) is 34.1 Å². The highest BCUT2D eigenvalue weighted by Gasteiger charge is 2.49. The zero-order chi connectivity index (χ0) is 14.1. The van der Waals surface area contributed by atoms with Crippen LogP contribution in [0.2, 0.25) is 0 Å². The van der Waals surface area contributed by atoms with Gasteiger partial charge in [-0.25, -0.2) is 0 Å². The maximum Gasteiger partial charge on any atom is 0.246 e. The van der Waals surface area contributed by atoms with Crippen molar-refractivity contribution in [2.45, 2.75) is 66.0 Å². The van der Waals surface area contributed by atoms with Gasteiger partial charge in [-0.3, -0.25) is 9.59 Å². The zero-order valence-corrected chi connectivity index (χ0v) is 12.5. The molecule has 0 aliphatic carbocycles. The van der Waals surface area contributed by atoms with E-state index in [1.165, 1.54) is 0 Å². The van der Waals surface area contributed by atoms with E-state index in [9.17, 15) is 9.59 Å². The summed E-state index contributed by atoms with van der Waals surface area (Å²) in [7, 11) is 0. The van der Waals surface area contributed by atoms with E-state index >= 15 is 0 Å². The summed E-state index contributed by atoms with van der Waals surface area (Å²) in [6.07, 6.45) is 1.95. The van der Waals surface area contributed by atoms with E-state index in [1.807, 2.05) is 34.6 Å². The van der Waals surface area contributed by atoms with Gasteiger partial charge in [0, 0.05) is 6.54 Å².